The van der Waals surface area contributed by atoms with Gasteiger partial charge in [-0.3, -0.25) is 0 Å². The molecule has 3 aromatic rings. The molecular weight excluding hydrogens is 307 g/mol. The average Bonchev–Trinajstić information content (AvgIpc) is 2.84. The number of hydrogen-bond donors (Lipinski definition) is 1. The van der Waals surface area contributed by atoms with Crippen LogP contribution in [0.25, 0.3) is 22.5 Å². The average molecular weight is 319 g/mol. The van der Waals surface area contributed by atoms with Crippen molar-refractivity contribution in [2.75, 3.05) is 5.73 Å². The van der Waals surface area contributed by atoms with Crippen LogP contribution in [0.2, 0.25) is 10.0 Å². The van der Waals surface area contributed by atoms with Crippen LogP contribution in [-0.4, -0.2) is 5.16 Å². The highest BCUT2D eigenvalue weighted by Gasteiger charge is 2.18. The molecule has 5 heteroatoms. The molecule has 3 rings (SSSR count). The summed E-state index contributed by atoms with van der Waals surface area (Å²) in [5.74, 6) is 0.939. The molecule has 0 saturated heterocycles. The van der Waals surface area contributed by atoms with Gasteiger partial charge in [-0.25, -0.2) is 0 Å². The number of aryl methyl sites for hydroxylation is 1. The fourth-order valence-electron chi connectivity index (χ4n) is 2.21. The van der Waals surface area contributed by atoms with Gasteiger partial charge in [0.1, 0.15) is 0 Å². The summed E-state index contributed by atoms with van der Waals surface area (Å²) in [5.41, 5.74) is 9.39. The van der Waals surface area contributed by atoms with Crippen molar-refractivity contribution < 1.29 is 4.52 Å². The molecular formula is C16H12Cl2N2O. The Morgan fingerprint density at radius 2 is 1.86 bits per heavy atom. The molecule has 0 spiro atoms. The fourth-order valence-corrected chi connectivity index (χ4v) is 2.52. The molecule has 0 radical (unpaired) electrons. The fraction of sp³-hybridized carbons (Fsp3) is 0.0625. The second-order valence-corrected chi connectivity index (χ2v) is 5.59. The minimum absolute atomic E-state index is 0.333. The number of halogens is 2. The second-order valence-electron chi connectivity index (χ2n) is 4.75. The summed E-state index contributed by atoms with van der Waals surface area (Å²) in [6.45, 7) is 1.94. The predicted molar refractivity (Wildman–Crippen MR) is 86.5 cm³/mol. The molecule has 0 aliphatic rings. The highest BCUT2D eigenvalue weighted by Crippen LogP contribution is 2.38. The molecule has 2 aromatic carbocycles. The van der Waals surface area contributed by atoms with Crippen LogP contribution in [0, 0.1) is 6.92 Å². The standard InChI is InChI=1S/C16H12Cl2N2O/c1-9-7-11(5-6-13(9)18)15-14(16(19)20-21-15)10-3-2-4-12(17)8-10/h2-8H,1H3,(H2,19,20). The maximum absolute atomic E-state index is 6.06. The van der Waals surface area contributed by atoms with Crippen LogP contribution in [0.1, 0.15) is 5.56 Å². The molecule has 2 N–H and O–H groups in total. The van der Waals surface area contributed by atoms with E-state index in [4.69, 9.17) is 33.5 Å². The first-order valence-electron chi connectivity index (χ1n) is 6.34. The van der Waals surface area contributed by atoms with Gasteiger partial charge in [-0.1, -0.05) is 40.5 Å². The monoisotopic (exact) mass is 318 g/mol. The lowest BCUT2D eigenvalue weighted by atomic mass is 10.0. The summed E-state index contributed by atoms with van der Waals surface area (Å²) in [7, 11) is 0. The summed E-state index contributed by atoms with van der Waals surface area (Å²) in [6.07, 6.45) is 0. The summed E-state index contributed by atoms with van der Waals surface area (Å²) >= 11 is 12.1. The number of nitrogen functional groups attached to an aromatic ring is 1. The summed E-state index contributed by atoms with van der Waals surface area (Å²) in [4.78, 5) is 0. The van der Waals surface area contributed by atoms with Gasteiger partial charge in [0, 0.05) is 15.6 Å². The third-order valence-corrected chi connectivity index (χ3v) is 3.91. The summed E-state index contributed by atoms with van der Waals surface area (Å²) in [5, 5.41) is 5.21. The molecule has 0 bridgehead atoms. The van der Waals surface area contributed by atoms with Crippen molar-refractivity contribution in [2.45, 2.75) is 6.92 Å². The number of nitrogens with two attached hydrogens (primary N) is 1. The topological polar surface area (TPSA) is 52.0 Å². The molecule has 0 fully saturated rings. The lowest BCUT2D eigenvalue weighted by Crippen LogP contribution is -1.89. The van der Waals surface area contributed by atoms with Crippen LogP contribution in [0.3, 0.4) is 0 Å². The molecule has 0 atom stereocenters. The Morgan fingerprint density at radius 1 is 1.05 bits per heavy atom. The van der Waals surface area contributed by atoms with Gasteiger partial charge >= 0.3 is 0 Å². The van der Waals surface area contributed by atoms with E-state index in [-0.39, 0.29) is 0 Å². The van der Waals surface area contributed by atoms with E-state index in [1.54, 1.807) is 6.07 Å². The van der Waals surface area contributed by atoms with Gasteiger partial charge in [0.15, 0.2) is 11.6 Å². The minimum atomic E-state index is 0.333. The molecule has 3 nitrogen and oxygen atoms in total. The van der Waals surface area contributed by atoms with Crippen LogP contribution in [0.4, 0.5) is 5.82 Å². The summed E-state index contributed by atoms with van der Waals surface area (Å²) in [6, 6.07) is 13.1. The number of nitrogens with zero attached hydrogens (tertiary/aromatic N) is 1. The van der Waals surface area contributed by atoms with Gasteiger partial charge < -0.3 is 10.3 Å². The number of benzene rings is 2. The zero-order valence-corrected chi connectivity index (χ0v) is 12.7. The molecule has 0 amide bonds. The lowest BCUT2D eigenvalue weighted by Gasteiger charge is -2.05. The van der Waals surface area contributed by atoms with Gasteiger partial charge in [-0.15, -0.1) is 0 Å². The van der Waals surface area contributed by atoms with Crippen molar-refractivity contribution in [1.29, 1.82) is 0 Å². The van der Waals surface area contributed by atoms with E-state index >= 15 is 0 Å². The van der Waals surface area contributed by atoms with Crippen molar-refractivity contribution in [3.63, 3.8) is 0 Å². The van der Waals surface area contributed by atoms with E-state index in [2.05, 4.69) is 5.16 Å². The maximum Gasteiger partial charge on any atom is 0.176 e. The Labute approximate surface area is 132 Å². The van der Waals surface area contributed by atoms with Crippen LogP contribution >= 0.6 is 23.2 Å². The van der Waals surface area contributed by atoms with Gasteiger partial charge in [0.05, 0.1) is 5.56 Å². The third kappa shape index (κ3) is 2.62. The van der Waals surface area contributed by atoms with E-state index in [1.807, 2.05) is 43.3 Å². The van der Waals surface area contributed by atoms with Crippen molar-refractivity contribution in [3.8, 4) is 22.5 Å². The molecule has 0 saturated carbocycles. The van der Waals surface area contributed by atoms with Gasteiger partial charge in [0.25, 0.3) is 0 Å². The van der Waals surface area contributed by atoms with E-state index in [1.165, 1.54) is 0 Å². The van der Waals surface area contributed by atoms with Crippen LogP contribution in [0.15, 0.2) is 47.0 Å². The van der Waals surface area contributed by atoms with E-state index < -0.39 is 0 Å². The van der Waals surface area contributed by atoms with E-state index in [0.717, 1.165) is 22.3 Å². The molecule has 0 aliphatic carbocycles. The van der Waals surface area contributed by atoms with Gasteiger partial charge in [0.2, 0.25) is 0 Å². The van der Waals surface area contributed by atoms with E-state index in [9.17, 15) is 0 Å². The van der Waals surface area contributed by atoms with Crippen molar-refractivity contribution >= 4 is 29.0 Å². The maximum atomic E-state index is 6.06. The van der Waals surface area contributed by atoms with Gasteiger partial charge in [-0.2, -0.15) is 0 Å². The van der Waals surface area contributed by atoms with Gasteiger partial charge in [-0.05, 0) is 48.4 Å². The van der Waals surface area contributed by atoms with E-state index in [0.29, 0.717) is 21.6 Å². The van der Waals surface area contributed by atoms with Crippen molar-refractivity contribution in [3.05, 3.63) is 58.1 Å². The van der Waals surface area contributed by atoms with Crippen molar-refractivity contribution in [2.24, 2.45) is 0 Å². The molecule has 106 valence electrons. The molecule has 0 aliphatic heterocycles. The molecule has 0 unspecified atom stereocenters. The number of aromatic nitrogens is 1. The Morgan fingerprint density at radius 3 is 2.57 bits per heavy atom. The van der Waals surface area contributed by atoms with Crippen LogP contribution in [0.5, 0.6) is 0 Å². The first-order chi connectivity index (χ1) is 10.1. The van der Waals surface area contributed by atoms with Crippen LogP contribution in [-0.2, 0) is 0 Å². The Bertz CT molecular complexity index is 812. The normalized spacial score (nSPS) is 10.8. The quantitative estimate of drug-likeness (QED) is 0.706. The minimum Gasteiger partial charge on any atom is -0.380 e. The van der Waals surface area contributed by atoms with Crippen LogP contribution < -0.4 is 5.73 Å². The first-order valence-corrected chi connectivity index (χ1v) is 7.09. The summed E-state index contributed by atoms with van der Waals surface area (Å²) < 4.78 is 5.41. The number of rotatable bonds is 2. The third-order valence-electron chi connectivity index (χ3n) is 3.25. The lowest BCUT2D eigenvalue weighted by molar-refractivity contribution is 0.436. The Balaban J connectivity index is 2.19. The smallest absolute Gasteiger partial charge is 0.176 e. The highest BCUT2D eigenvalue weighted by atomic mass is 35.5. The highest BCUT2D eigenvalue weighted by molar-refractivity contribution is 6.31. The predicted octanol–water partition coefficient (Wildman–Crippen LogP) is 5.21. The zero-order chi connectivity index (χ0) is 15.0. The first kappa shape index (κ1) is 14.0. The van der Waals surface area contributed by atoms with Crippen molar-refractivity contribution in [1.82, 2.24) is 5.16 Å². The Kier molecular flexibility index (Phi) is 3.62. The zero-order valence-electron chi connectivity index (χ0n) is 11.2. The molecule has 1 heterocycles. The number of anilines is 1. The molecule has 21 heavy (non-hydrogen) atoms. The largest absolute Gasteiger partial charge is 0.380 e. The molecule has 1 aromatic heterocycles. The second kappa shape index (κ2) is 5.43. The number of hydrogen-bond acceptors (Lipinski definition) is 3. The SMILES string of the molecule is Cc1cc(-c2onc(N)c2-c2cccc(Cl)c2)ccc1Cl. The Hall–Kier alpha value is -1.97.